The molecule has 0 saturated heterocycles. The molecule has 2 N–H and O–H groups in total. The van der Waals surface area contributed by atoms with Crippen LogP contribution in [-0.4, -0.2) is 30.5 Å². The number of nitro groups is 1. The average molecular weight is 507 g/mol. The summed E-state index contributed by atoms with van der Waals surface area (Å²) in [5, 5.41) is 25.6. The Hall–Kier alpha value is -4.88. The Morgan fingerprint density at radius 1 is 1.08 bits per heavy atom. The zero-order valence-electron chi connectivity index (χ0n) is 18.9. The predicted molar refractivity (Wildman–Crippen MR) is 134 cm³/mol. The SMILES string of the molecule is COc1ccc(NC(=O)COc2ccc(/C=C(/C#N)C(=O)Nc3cccc([N+](=O)[O-])c3)cc2Cl)cc1. The number of nitrogens with zero attached hydrogens (tertiary/aromatic N) is 2. The van der Waals surface area contributed by atoms with E-state index in [-0.39, 0.29) is 34.3 Å². The first-order valence-electron chi connectivity index (χ1n) is 10.3. The number of nitriles is 1. The van der Waals surface area contributed by atoms with Crippen LogP contribution in [-0.2, 0) is 9.59 Å². The molecule has 10 nitrogen and oxygen atoms in total. The van der Waals surface area contributed by atoms with E-state index in [2.05, 4.69) is 10.6 Å². The maximum absolute atomic E-state index is 12.5. The number of ether oxygens (including phenoxy) is 2. The summed E-state index contributed by atoms with van der Waals surface area (Å²) < 4.78 is 10.5. The van der Waals surface area contributed by atoms with Gasteiger partial charge in [0.05, 0.1) is 17.1 Å². The van der Waals surface area contributed by atoms with E-state index >= 15 is 0 Å². The lowest BCUT2D eigenvalue weighted by molar-refractivity contribution is -0.384. The number of anilines is 2. The summed E-state index contributed by atoms with van der Waals surface area (Å²) >= 11 is 6.24. The number of rotatable bonds is 9. The van der Waals surface area contributed by atoms with Crippen LogP contribution in [0, 0.1) is 21.4 Å². The quantitative estimate of drug-likeness (QED) is 0.183. The molecule has 0 spiro atoms. The van der Waals surface area contributed by atoms with Gasteiger partial charge in [-0.3, -0.25) is 19.7 Å². The summed E-state index contributed by atoms with van der Waals surface area (Å²) in [5.41, 5.74) is 0.731. The third kappa shape index (κ3) is 7.06. The fraction of sp³-hybridized carbons (Fsp3) is 0.0800. The van der Waals surface area contributed by atoms with Crippen LogP contribution < -0.4 is 20.1 Å². The van der Waals surface area contributed by atoms with Gasteiger partial charge in [0.15, 0.2) is 6.61 Å². The van der Waals surface area contributed by atoms with Crippen molar-refractivity contribution in [2.75, 3.05) is 24.4 Å². The second-order valence-electron chi connectivity index (χ2n) is 7.19. The van der Waals surface area contributed by atoms with Gasteiger partial charge in [0.1, 0.15) is 23.1 Å². The van der Waals surface area contributed by atoms with Crippen LogP contribution in [0.25, 0.3) is 6.08 Å². The number of carbonyl (C=O) groups is 2. The fourth-order valence-corrected chi connectivity index (χ4v) is 3.19. The molecule has 0 bridgehead atoms. The summed E-state index contributed by atoms with van der Waals surface area (Å²) in [7, 11) is 1.54. The molecule has 36 heavy (non-hydrogen) atoms. The minimum atomic E-state index is -0.746. The number of benzene rings is 3. The lowest BCUT2D eigenvalue weighted by Gasteiger charge is -2.10. The number of carbonyl (C=O) groups excluding carboxylic acids is 2. The summed E-state index contributed by atoms with van der Waals surface area (Å²) in [4.78, 5) is 34.9. The Kier molecular flexibility index (Phi) is 8.58. The number of amides is 2. The fourth-order valence-electron chi connectivity index (χ4n) is 2.95. The second kappa shape index (κ2) is 12.0. The summed E-state index contributed by atoms with van der Waals surface area (Å²) in [6.07, 6.45) is 1.30. The van der Waals surface area contributed by atoms with Crippen LogP contribution in [0.2, 0.25) is 5.02 Å². The third-order valence-electron chi connectivity index (χ3n) is 4.68. The first kappa shape index (κ1) is 25.7. The standard InChI is InChI=1S/C25H19ClN4O6/c1-35-21-8-6-18(7-9-21)28-24(31)15-36-23-10-5-16(12-22(23)26)11-17(14-27)25(32)29-19-3-2-4-20(13-19)30(33)34/h2-13H,15H2,1H3,(H,28,31)(H,29,32)/b17-11-. The number of halogens is 1. The number of hydrogen-bond acceptors (Lipinski definition) is 7. The van der Waals surface area contributed by atoms with E-state index in [0.717, 1.165) is 0 Å². The van der Waals surface area contributed by atoms with Crippen molar-refractivity contribution in [3.63, 3.8) is 0 Å². The van der Waals surface area contributed by atoms with E-state index in [1.165, 1.54) is 42.5 Å². The molecule has 0 fully saturated rings. The van der Waals surface area contributed by atoms with Crippen LogP contribution >= 0.6 is 11.6 Å². The van der Waals surface area contributed by atoms with Crippen LogP contribution in [0.5, 0.6) is 11.5 Å². The Morgan fingerprint density at radius 3 is 2.47 bits per heavy atom. The van der Waals surface area contributed by atoms with Gasteiger partial charge in [-0.1, -0.05) is 23.7 Å². The van der Waals surface area contributed by atoms with Crippen molar-refractivity contribution in [1.82, 2.24) is 0 Å². The molecular weight excluding hydrogens is 488 g/mol. The van der Waals surface area contributed by atoms with Gasteiger partial charge in [-0.15, -0.1) is 0 Å². The molecule has 0 saturated carbocycles. The molecule has 0 aliphatic carbocycles. The van der Waals surface area contributed by atoms with Crippen molar-refractivity contribution in [3.05, 3.63) is 93.0 Å². The van der Waals surface area contributed by atoms with Gasteiger partial charge in [0.2, 0.25) is 0 Å². The van der Waals surface area contributed by atoms with Crippen molar-refractivity contribution in [3.8, 4) is 17.6 Å². The zero-order chi connectivity index (χ0) is 26.1. The average Bonchev–Trinajstić information content (AvgIpc) is 2.87. The van der Waals surface area contributed by atoms with E-state index in [1.54, 1.807) is 43.5 Å². The normalized spacial score (nSPS) is 10.6. The van der Waals surface area contributed by atoms with Crippen LogP contribution in [0.15, 0.2) is 72.3 Å². The van der Waals surface area contributed by atoms with Gasteiger partial charge in [-0.05, 0) is 54.1 Å². The maximum atomic E-state index is 12.5. The van der Waals surface area contributed by atoms with Crippen molar-refractivity contribution in [1.29, 1.82) is 5.26 Å². The zero-order valence-corrected chi connectivity index (χ0v) is 19.6. The largest absolute Gasteiger partial charge is 0.497 e. The molecule has 0 heterocycles. The van der Waals surface area contributed by atoms with E-state index in [1.807, 2.05) is 0 Å². The van der Waals surface area contributed by atoms with Gasteiger partial charge in [0, 0.05) is 23.5 Å². The van der Waals surface area contributed by atoms with Gasteiger partial charge in [-0.25, -0.2) is 0 Å². The molecule has 0 radical (unpaired) electrons. The number of nitrogens with one attached hydrogen (secondary N) is 2. The van der Waals surface area contributed by atoms with E-state index in [0.29, 0.717) is 17.0 Å². The van der Waals surface area contributed by atoms with Gasteiger partial charge in [-0.2, -0.15) is 5.26 Å². The summed E-state index contributed by atoms with van der Waals surface area (Å²) in [6, 6.07) is 18.5. The molecule has 3 rings (SSSR count). The third-order valence-corrected chi connectivity index (χ3v) is 4.97. The molecule has 0 unspecified atom stereocenters. The monoisotopic (exact) mass is 506 g/mol. The van der Waals surface area contributed by atoms with Crippen molar-refractivity contribution >= 4 is 46.6 Å². The Morgan fingerprint density at radius 2 is 1.83 bits per heavy atom. The number of hydrogen-bond donors (Lipinski definition) is 2. The highest BCUT2D eigenvalue weighted by molar-refractivity contribution is 6.32. The molecule has 3 aromatic carbocycles. The Labute approximate surface area is 210 Å². The molecule has 0 aromatic heterocycles. The molecular formula is C25H19ClN4O6. The molecule has 11 heteroatoms. The summed E-state index contributed by atoms with van der Waals surface area (Å²) in [5.74, 6) is -0.251. The smallest absolute Gasteiger partial charge is 0.271 e. The maximum Gasteiger partial charge on any atom is 0.271 e. The molecule has 2 amide bonds. The minimum absolute atomic E-state index is 0.164. The van der Waals surface area contributed by atoms with Crippen molar-refractivity contribution in [2.24, 2.45) is 0 Å². The van der Waals surface area contributed by atoms with Crippen LogP contribution in [0.3, 0.4) is 0 Å². The minimum Gasteiger partial charge on any atom is -0.497 e. The van der Waals surface area contributed by atoms with Gasteiger partial charge >= 0.3 is 0 Å². The topological polar surface area (TPSA) is 144 Å². The highest BCUT2D eigenvalue weighted by Gasteiger charge is 2.13. The Bertz CT molecular complexity index is 1370. The van der Waals surface area contributed by atoms with Crippen molar-refractivity contribution < 1.29 is 24.0 Å². The number of non-ortho nitro benzene ring substituents is 1. The van der Waals surface area contributed by atoms with E-state index in [4.69, 9.17) is 21.1 Å². The van der Waals surface area contributed by atoms with E-state index < -0.39 is 16.7 Å². The lowest BCUT2D eigenvalue weighted by atomic mass is 10.1. The summed E-state index contributed by atoms with van der Waals surface area (Å²) in [6.45, 7) is -0.296. The van der Waals surface area contributed by atoms with Gasteiger partial charge < -0.3 is 20.1 Å². The van der Waals surface area contributed by atoms with E-state index in [9.17, 15) is 25.0 Å². The van der Waals surface area contributed by atoms with Gasteiger partial charge in [0.25, 0.3) is 17.5 Å². The first-order chi connectivity index (χ1) is 17.3. The number of methoxy groups -OCH3 is 1. The predicted octanol–water partition coefficient (Wildman–Crippen LogP) is 4.82. The number of nitro benzene ring substituents is 1. The lowest BCUT2D eigenvalue weighted by Crippen LogP contribution is -2.20. The molecule has 3 aromatic rings. The molecule has 182 valence electrons. The van der Waals surface area contributed by atoms with Crippen molar-refractivity contribution in [2.45, 2.75) is 0 Å². The Balaban J connectivity index is 1.62. The molecule has 0 atom stereocenters. The highest BCUT2D eigenvalue weighted by Crippen LogP contribution is 2.27. The highest BCUT2D eigenvalue weighted by atomic mass is 35.5. The van der Waals surface area contributed by atoms with Crippen LogP contribution in [0.1, 0.15) is 5.56 Å². The van der Waals surface area contributed by atoms with Crippen LogP contribution in [0.4, 0.5) is 17.1 Å². The first-order valence-corrected chi connectivity index (χ1v) is 10.7. The molecule has 0 aliphatic rings. The second-order valence-corrected chi connectivity index (χ2v) is 7.59. The molecule has 0 aliphatic heterocycles.